The van der Waals surface area contributed by atoms with E-state index in [1.807, 2.05) is 24.0 Å². The van der Waals surface area contributed by atoms with Crippen LogP contribution >= 0.6 is 0 Å². The van der Waals surface area contributed by atoms with Gasteiger partial charge in [0.15, 0.2) is 0 Å². The Morgan fingerprint density at radius 2 is 2.07 bits per heavy atom. The van der Waals surface area contributed by atoms with Crippen molar-refractivity contribution in [3.63, 3.8) is 0 Å². The van der Waals surface area contributed by atoms with Crippen LogP contribution in [0.3, 0.4) is 0 Å². The lowest BCUT2D eigenvalue weighted by atomic mass is 9.94. The fourth-order valence-corrected chi connectivity index (χ4v) is 3.75. The summed E-state index contributed by atoms with van der Waals surface area (Å²) in [5.74, 6) is 2.12. The zero-order valence-corrected chi connectivity index (χ0v) is 17.6. The van der Waals surface area contributed by atoms with Gasteiger partial charge in [-0.3, -0.25) is 4.68 Å². The van der Waals surface area contributed by atoms with Crippen LogP contribution in [0, 0.1) is 5.92 Å². The van der Waals surface area contributed by atoms with Gasteiger partial charge in [0.05, 0.1) is 24.4 Å². The summed E-state index contributed by atoms with van der Waals surface area (Å²) in [4.78, 5) is 11.0. The van der Waals surface area contributed by atoms with Crippen molar-refractivity contribution in [1.29, 1.82) is 0 Å². The largest absolute Gasteiger partial charge is 0.376 e. The standard InChI is InChI=1S/C20H33N7O/c1-14(2)20-16(7-6-8-28-20)25-19-9-18(22-13-23-19)21-11-17(26(3)4)15-10-24-27(5)12-15/h9-10,12-14,16-17,20H,6-8,11H2,1-5H3,(H2,21,22,23,25)/t16-,17+,20-/m0/s1. The molecule has 3 heterocycles. The molecule has 1 fully saturated rings. The number of hydrogen-bond donors (Lipinski definition) is 2. The Labute approximate surface area is 167 Å². The Kier molecular flexibility index (Phi) is 6.85. The summed E-state index contributed by atoms with van der Waals surface area (Å²) in [5, 5.41) is 11.3. The monoisotopic (exact) mass is 387 g/mol. The van der Waals surface area contributed by atoms with E-state index < -0.39 is 0 Å². The molecular formula is C20H33N7O. The number of nitrogens with one attached hydrogen (secondary N) is 2. The van der Waals surface area contributed by atoms with Gasteiger partial charge >= 0.3 is 0 Å². The van der Waals surface area contributed by atoms with E-state index in [-0.39, 0.29) is 18.2 Å². The number of hydrogen-bond acceptors (Lipinski definition) is 7. The van der Waals surface area contributed by atoms with E-state index in [1.54, 1.807) is 6.33 Å². The Morgan fingerprint density at radius 1 is 1.29 bits per heavy atom. The number of rotatable bonds is 8. The van der Waals surface area contributed by atoms with E-state index in [0.717, 1.165) is 37.6 Å². The first kappa shape index (κ1) is 20.5. The van der Waals surface area contributed by atoms with Gasteiger partial charge < -0.3 is 20.3 Å². The van der Waals surface area contributed by atoms with Gasteiger partial charge in [0.25, 0.3) is 0 Å². The van der Waals surface area contributed by atoms with E-state index in [9.17, 15) is 0 Å². The molecule has 1 aliphatic rings. The summed E-state index contributed by atoms with van der Waals surface area (Å²) >= 11 is 0. The number of likely N-dealkylation sites (N-methyl/N-ethyl adjacent to an activating group) is 1. The first-order valence-corrected chi connectivity index (χ1v) is 10.0. The topological polar surface area (TPSA) is 80.1 Å². The van der Waals surface area contributed by atoms with Gasteiger partial charge in [-0.1, -0.05) is 13.8 Å². The molecule has 2 aromatic heterocycles. The minimum Gasteiger partial charge on any atom is -0.376 e. The zero-order valence-electron chi connectivity index (χ0n) is 17.6. The smallest absolute Gasteiger partial charge is 0.131 e. The second-order valence-corrected chi connectivity index (χ2v) is 8.07. The molecule has 8 heteroatoms. The van der Waals surface area contributed by atoms with Crippen molar-refractivity contribution in [2.45, 2.75) is 44.9 Å². The van der Waals surface area contributed by atoms with Crippen LogP contribution < -0.4 is 10.6 Å². The molecule has 0 unspecified atom stereocenters. The lowest BCUT2D eigenvalue weighted by molar-refractivity contribution is -0.0203. The van der Waals surface area contributed by atoms with Crippen molar-refractivity contribution >= 4 is 11.6 Å². The minimum atomic E-state index is 0.206. The van der Waals surface area contributed by atoms with Gasteiger partial charge in [-0.25, -0.2) is 9.97 Å². The Hall–Kier alpha value is -2.19. The normalized spacial score (nSPS) is 21.1. The van der Waals surface area contributed by atoms with Crippen LogP contribution in [0.4, 0.5) is 11.6 Å². The van der Waals surface area contributed by atoms with E-state index in [4.69, 9.17) is 4.74 Å². The van der Waals surface area contributed by atoms with Gasteiger partial charge in [0.2, 0.25) is 0 Å². The summed E-state index contributed by atoms with van der Waals surface area (Å²) in [6.07, 6.45) is 7.95. The molecule has 0 aromatic carbocycles. The minimum absolute atomic E-state index is 0.206. The summed E-state index contributed by atoms with van der Waals surface area (Å²) in [7, 11) is 6.08. The van der Waals surface area contributed by atoms with Gasteiger partial charge in [-0.05, 0) is 32.9 Å². The number of aryl methyl sites for hydroxylation is 1. The molecule has 0 bridgehead atoms. The summed E-state index contributed by atoms with van der Waals surface area (Å²) < 4.78 is 7.81. The highest BCUT2D eigenvalue weighted by molar-refractivity contribution is 5.47. The van der Waals surface area contributed by atoms with E-state index in [2.05, 4.69) is 64.7 Å². The second kappa shape index (κ2) is 9.34. The van der Waals surface area contributed by atoms with Crippen LogP contribution in [0.2, 0.25) is 0 Å². The van der Waals surface area contributed by atoms with Crippen molar-refractivity contribution in [2.24, 2.45) is 13.0 Å². The van der Waals surface area contributed by atoms with Crippen molar-refractivity contribution < 1.29 is 4.74 Å². The number of aromatic nitrogens is 4. The number of ether oxygens (including phenoxy) is 1. The molecule has 3 rings (SSSR count). The third kappa shape index (κ3) is 5.20. The Balaban J connectivity index is 1.64. The van der Waals surface area contributed by atoms with Gasteiger partial charge in [-0.2, -0.15) is 5.10 Å². The van der Waals surface area contributed by atoms with Crippen LogP contribution in [-0.2, 0) is 11.8 Å². The second-order valence-electron chi connectivity index (χ2n) is 8.07. The quantitative estimate of drug-likeness (QED) is 0.720. The van der Waals surface area contributed by atoms with Crippen molar-refractivity contribution in [3.8, 4) is 0 Å². The lowest BCUT2D eigenvalue weighted by Gasteiger charge is -2.35. The van der Waals surface area contributed by atoms with Crippen LogP contribution in [-0.4, -0.2) is 64.0 Å². The van der Waals surface area contributed by atoms with Crippen LogP contribution in [0.15, 0.2) is 24.8 Å². The molecule has 0 amide bonds. The average Bonchev–Trinajstić information content (AvgIpc) is 3.08. The van der Waals surface area contributed by atoms with Gasteiger partial charge in [0, 0.05) is 38.0 Å². The molecule has 2 N–H and O–H groups in total. The average molecular weight is 388 g/mol. The van der Waals surface area contributed by atoms with Crippen molar-refractivity contribution in [2.75, 3.05) is 37.9 Å². The SMILES string of the molecule is CC(C)[C@@H]1OCCC[C@@H]1Nc1cc(NC[C@H](c2cnn(C)c2)N(C)C)ncn1. The molecule has 0 radical (unpaired) electrons. The first-order chi connectivity index (χ1) is 13.4. The van der Waals surface area contributed by atoms with Crippen LogP contribution in [0.25, 0.3) is 0 Å². The maximum atomic E-state index is 5.98. The predicted molar refractivity (Wildman–Crippen MR) is 111 cm³/mol. The zero-order chi connectivity index (χ0) is 20.1. The van der Waals surface area contributed by atoms with E-state index in [1.165, 1.54) is 5.56 Å². The third-order valence-corrected chi connectivity index (χ3v) is 5.23. The van der Waals surface area contributed by atoms with Gasteiger partial charge in [0.1, 0.15) is 18.0 Å². The lowest BCUT2D eigenvalue weighted by Crippen LogP contribution is -2.43. The number of anilines is 2. The highest BCUT2D eigenvalue weighted by Gasteiger charge is 2.28. The third-order valence-electron chi connectivity index (χ3n) is 5.23. The van der Waals surface area contributed by atoms with Crippen LogP contribution in [0.5, 0.6) is 0 Å². The first-order valence-electron chi connectivity index (χ1n) is 10.0. The Morgan fingerprint density at radius 3 is 2.75 bits per heavy atom. The maximum Gasteiger partial charge on any atom is 0.131 e. The molecule has 0 aliphatic carbocycles. The molecule has 1 aliphatic heterocycles. The summed E-state index contributed by atoms with van der Waals surface area (Å²) in [5.41, 5.74) is 1.17. The molecule has 154 valence electrons. The molecule has 0 spiro atoms. The predicted octanol–water partition coefficient (Wildman–Crippen LogP) is 2.54. The van der Waals surface area contributed by atoms with Crippen LogP contribution in [0.1, 0.15) is 38.3 Å². The van der Waals surface area contributed by atoms with Crippen molar-refractivity contribution in [1.82, 2.24) is 24.6 Å². The molecule has 2 aromatic rings. The van der Waals surface area contributed by atoms with E-state index >= 15 is 0 Å². The molecule has 0 saturated carbocycles. The number of nitrogens with zero attached hydrogens (tertiary/aromatic N) is 5. The fraction of sp³-hybridized carbons (Fsp3) is 0.650. The molecule has 1 saturated heterocycles. The van der Waals surface area contributed by atoms with E-state index in [0.29, 0.717) is 5.92 Å². The Bertz CT molecular complexity index is 746. The summed E-state index contributed by atoms with van der Waals surface area (Å²) in [6, 6.07) is 2.46. The summed E-state index contributed by atoms with van der Waals surface area (Å²) in [6.45, 7) is 5.99. The highest BCUT2D eigenvalue weighted by atomic mass is 16.5. The highest BCUT2D eigenvalue weighted by Crippen LogP contribution is 2.24. The molecule has 3 atom stereocenters. The van der Waals surface area contributed by atoms with Crippen molar-refractivity contribution in [3.05, 3.63) is 30.4 Å². The molecular weight excluding hydrogens is 354 g/mol. The fourth-order valence-electron chi connectivity index (χ4n) is 3.75. The maximum absolute atomic E-state index is 5.98. The van der Waals surface area contributed by atoms with Gasteiger partial charge in [-0.15, -0.1) is 0 Å². The molecule has 8 nitrogen and oxygen atoms in total. The molecule has 28 heavy (non-hydrogen) atoms.